The molecule has 0 unspecified atom stereocenters. The molecule has 3 nitrogen and oxygen atoms in total. The molecule has 1 aromatic carbocycles. The van der Waals surface area contributed by atoms with Crippen molar-refractivity contribution in [2.45, 2.75) is 20.3 Å². The van der Waals surface area contributed by atoms with Gasteiger partial charge in [0, 0.05) is 12.0 Å². The van der Waals surface area contributed by atoms with E-state index >= 15 is 0 Å². The Kier molecular flexibility index (Phi) is 3.77. The third-order valence-electron chi connectivity index (χ3n) is 2.63. The van der Waals surface area contributed by atoms with Crippen molar-refractivity contribution < 1.29 is 9.53 Å². The van der Waals surface area contributed by atoms with Crippen LogP contribution in [0.3, 0.4) is 0 Å². The Morgan fingerprint density at radius 3 is 2.83 bits per heavy atom. The number of carbonyl (C=O) groups excluding carboxylic acids is 1. The lowest BCUT2D eigenvalue weighted by molar-refractivity contribution is 0.0989. The Bertz CT molecular complexity index is 575. The van der Waals surface area contributed by atoms with Gasteiger partial charge in [-0.15, -0.1) is 11.3 Å². The molecule has 2 aromatic rings. The third-order valence-corrected chi connectivity index (χ3v) is 3.76. The molecule has 0 aliphatic carbocycles. The van der Waals surface area contributed by atoms with Crippen LogP contribution in [0, 0.1) is 6.92 Å². The standard InChI is InChI=1S/C14H15NO2S/c1-4-11(16)12-13(17-3)15-14(18-12)10-7-5-6-9(2)8-10/h5-8H,4H2,1-3H3. The molecule has 0 atom stereocenters. The maximum Gasteiger partial charge on any atom is 0.236 e. The van der Waals surface area contributed by atoms with Gasteiger partial charge in [0.05, 0.1) is 7.11 Å². The maximum atomic E-state index is 11.8. The van der Waals surface area contributed by atoms with Gasteiger partial charge in [-0.25, -0.2) is 4.98 Å². The Hall–Kier alpha value is -1.68. The van der Waals surface area contributed by atoms with Crippen molar-refractivity contribution >= 4 is 17.1 Å². The summed E-state index contributed by atoms with van der Waals surface area (Å²) in [7, 11) is 1.54. The Balaban J connectivity index is 2.47. The van der Waals surface area contributed by atoms with Gasteiger partial charge < -0.3 is 4.74 Å². The number of hydrogen-bond acceptors (Lipinski definition) is 4. The van der Waals surface area contributed by atoms with Crippen LogP contribution in [0.5, 0.6) is 5.88 Å². The Labute approximate surface area is 110 Å². The zero-order chi connectivity index (χ0) is 13.1. The van der Waals surface area contributed by atoms with E-state index in [1.807, 2.05) is 32.0 Å². The number of ether oxygens (including phenoxy) is 1. The summed E-state index contributed by atoms with van der Waals surface area (Å²) in [6.07, 6.45) is 0.464. The van der Waals surface area contributed by atoms with Gasteiger partial charge in [-0.05, 0) is 13.0 Å². The van der Waals surface area contributed by atoms with Crippen LogP contribution in [0.4, 0.5) is 0 Å². The van der Waals surface area contributed by atoms with Crippen LogP contribution in [-0.2, 0) is 0 Å². The fourth-order valence-corrected chi connectivity index (χ4v) is 2.72. The van der Waals surface area contributed by atoms with Gasteiger partial charge in [-0.3, -0.25) is 4.79 Å². The lowest BCUT2D eigenvalue weighted by atomic mass is 10.1. The molecule has 0 saturated carbocycles. The summed E-state index contributed by atoms with van der Waals surface area (Å²) >= 11 is 1.39. The molecule has 0 aliphatic rings. The number of carbonyl (C=O) groups is 1. The number of benzene rings is 1. The van der Waals surface area contributed by atoms with E-state index in [-0.39, 0.29) is 5.78 Å². The third kappa shape index (κ3) is 2.43. The van der Waals surface area contributed by atoms with Gasteiger partial charge in [0.15, 0.2) is 5.78 Å². The van der Waals surface area contributed by atoms with E-state index in [0.29, 0.717) is 17.2 Å². The van der Waals surface area contributed by atoms with E-state index in [1.165, 1.54) is 16.9 Å². The average Bonchev–Trinajstić information content (AvgIpc) is 2.82. The zero-order valence-electron chi connectivity index (χ0n) is 10.7. The second kappa shape index (κ2) is 5.31. The van der Waals surface area contributed by atoms with Crippen molar-refractivity contribution in [3.63, 3.8) is 0 Å². The molecule has 2 rings (SSSR count). The molecule has 1 heterocycles. The van der Waals surface area contributed by atoms with Crippen LogP contribution in [0.1, 0.15) is 28.6 Å². The van der Waals surface area contributed by atoms with Gasteiger partial charge in [0.1, 0.15) is 9.88 Å². The molecular weight excluding hydrogens is 246 g/mol. The number of Topliss-reactive ketones (excluding diaryl/α,β-unsaturated/α-hetero) is 1. The van der Waals surface area contributed by atoms with E-state index in [4.69, 9.17) is 4.74 Å². The lowest BCUT2D eigenvalue weighted by Crippen LogP contribution is -1.96. The molecule has 0 amide bonds. The van der Waals surface area contributed by atoms with Gasteiger partial charge in [-0.1, -0.05) is 30.7 Å². The smallest absolute Gasteiger partial charge is 0.236 e. The molecule has 18 heavy (non-hydrogen) atoms. The van der Waals surface area contributed by atoms with E-state index in [2.05, 4.69) is 11.1 Å². The zero-order valence-corrected chi connectivity index (χ0v) is 11.5. The van der Waals surface area contributed by atoms with E-state index in [0.717, 1.165) is 10.6 Å². The highest BCUT2D eigenvalue weighted by atomic mass is 32.1. The summed E-state index contributed by atoms with van der Waals surface area (Å²) in [5.41, 5.74) is 2.19. The normalized spacial score (nSPS) is 10.4. The minimum atomic E-state index is 0.0725. The summed E-state index contributed by atoms with van der Waals surface area (Å²) in [6, 6.07) is 8.07. The minimum Gasteiger partial charge on any atom is -0.480 e. The quantitative estimate of drug-likeness (QED) is 0.787. The van der Waals surface area contributed by atoms with Crippen molar-refractivity contribution in [3.8, 4) is 16.5 Å². The number of rotatable bonds is 4. The van der Waals surface area contributed by atoms with Crippen LogP contribution < -0.4 is 4.74 Å². The monoisotopic (exact) mass is 261 g/mol. The molecule has 0 bridgehead atoms. The Morgan fingerprint density at radius 2 is 2.22 bits per heavy atom. The second-order valence-corrected chi connectivity index (χ2v) is 5.00. The van der Waals surface area contributed by atoms with Gasteiger partial charge in [0.25, 0.3) is 0 Å². The molecule has 1 aromatic heterocycles. The van der Waals surface area contributed by atoms with Crippen LogP contribution in [-0.4, -0.2) is 17.9 Å². The van der Waals surface area contributed by atoms with E-state index in [9.17, 15) is 4.79 Å². The van der Waals surface area contributed by atoms with Crippen molar-refractivity contribution in [2.75, 3.05) is 7.11 Å². The molecule has 0 aliphatic heterocycles. The van der Waals surface area contributed by atoms with E-state index < -0.39 is 0 Å². The fraction of sp³-hybridized carbons (Fsp3) is 0.286. The highest BCUT2D eigenvalue weighted by molar-refractivity contribution is 7.17. The maximum absolute atomic E-state index is 11.8. The summed E-state index contributed by atoms with van der Waals surface area (Å²) in [4.78, 5) is 16.8. The van der Waals surface area contributed by atoms with Gasteiger partial charge in [0.2, 0.25) is 5.88 Å². The first-order chi connectivity index (χ1) is 8.65. The number of nitrogens with zero attached hydrogens (tertiary/aromatic N) is 1. The summed E-state index contributed by atoms with van der Waals surface area (Å²) in [5, 5.41) is 0.826. The number of aromatic nitrogens is 1. The van der Waals surface area contributed by atoms with Crippen LogP contribution in [0.25, 0.3) is 10.6 Å². The highest BCUT2D eigenvalue weighted by Crippen LogP contribution is 2.33. The van der Waals surface area contributed by atoms with Crippen LogP contribution in [0.2, 0.25) is 0 Å². The Morgan fingerprint density at radius 1 is 1.44 bits per heavy atom. The van der Waals surface area contributed by atoms with Crippen molar-refractivity contribution in [3.05, 3.63) is 34.7 Å². The molecule has 0 radical (unpaired) electrons. The number of thiazole rings is 1. The molecule has 94 valence electrons. The number of hydrogen-bond donors (Lipinski definition) is 0. The molecule has 0 saturated heterocycles. The van der Waals surface area contributed by atoms with Crippen molar-refractivity contribution in [1.29, 1.82) is 0 Å². The SMILES string of the molecule is CCC(=O)c1sc(-c2cccc(C)c2)nc1OC. The molecule has 4 heteroatoms. The first kappa shape index (κ1) is 12.8. The summed E-state index contributed by atoms with van der Waals surface area (Å²) < 4.78 is 5.18. The number of methoxy groups -OCH3 is 1. The van der Waals surface area contributed by atoms with Crippen molar-refractivity contribution in [1.82, 2.24) is 4.98 Å². The molecule has 0 N–H and O–H groups in total. The predicted octanol–water partition coefficient (Wildman–Crippen LogP) is 3.72. The van der Waals surface area contributed by atoms with E-state index in [1.54, 1.807) is 7.11 Å². The summed E-state index contributed by atoms with van der Waals surface area (Å²) in [6.45, 7) is 3.88. The molecular formula is C14H15NO2S. The van der Waals surface area contributed by atoms with Crippen LogP contribution >= 0.6 is 11.3 Å². The minimum absolute atomic E-state index is 0.0725. The van der Waals surface area contributed by atoms with Gasteiger partial charge >= 0.3 is 0 Å². The predicted molar refractivity (Wildman–Crippen MR) is 73.5 cm³/mol. The first-order valence-electron chi connectivity index (χ1n) is 5.80. The van der Waals surface area contributed by atoms with Crippen LogP contribution in [0.15, 0.2) is 24.3 Å². The van der Waals surface area contributed by atoms with Crippen molar-refractivity contribution in [2.24, 2.45) is 0 Å². The highest BCUT2D eigenvalue weighted by Gasteiger charge is 2.18. The fourth-order valence-electron chi connectivity index (χ4n) is 1.68. The molecule has 0 spiro atoms. The lowest BCUT2D eigenvalue weighted by Gasteiger charge is -1.97. The number of ketones is 1. The molecule has 0 fully saturated rings. The largest absolute Gasteiger partial charge is 0.480 e. The first-order valence-corrected chi connectivity index (χ1v) is 6.62. The van der Waals surface area contributed by atoms with Gasteiger partial charge in [-0.2, -0.15) is 0 Å². The topological polar surface area (TPSA) is 39.2 Å². The summed E-state index contributed by atoms with van der Waals surface area (Å²) in [5.74, 6) is 0.506. The average molecular weight is 261 g/mol. The number of aryl methyl sites for hydroxylation is 1. The second-order valence-electron chi connectivity index (χ2n) is 4.00.